The summed E-state index contributed by atoms with van der Waals surface area (Å²) in [6.07, 6.45) is -2.53. The van der Waals surface area contributed by atoms with E-state index in [1.807, 2.05) is 31.2 Å². The first-order valence-corrected chi connectivity index (χ1v) is 12.0. The number of alkyl halides is 3. The third kappa shape index (κ3) is 6.43. The second kappa shape index (κ2) is 10.5. The predicted octanol–water partition coefficient (Wildman–Crippen LogP) is 6.41. The average molecular weight is 532 g/mol. The first kappa shape index (κ1) is 26.5. The molecule has 3 aromatic carbocycles. The molecular formula is C28H25ClF3NO4. The minimum atomic E-state index is -4.48. The van der Waals surface area contributed by atoms with Crippen molar-refractivity contribution in [1.82, 2.24) is 4.90 Å². The molecule has 1 aliphatic heterocycles. The molecular weight excluding hydrogens is 507 g/mol. The minimum absolute atomic E-state index is 0.146. The summed E-state index contributed by atoms with van der Waals surface area (Å²) >= 11 is 6.32. The number of carbonyl (C=O) groups excluding carboxylic acids is 1. The fourth-order valence-electron chi connectivity index (χ4n) is 4.46. The molecule has 0 saturated carbocycles. The summed E-state index contributed by atoms with van der Waals surface area (Å²) in [6.45, 7) is 1.27. The SMILES string of the molecule is C[C@@]1(Cc2ccccc2Cl)CCc2cc(C(=O)N(CC(=O)O)Cc3ccc(C(F)(F)F)cc3)ccc2O1. The fraction of sp³-hybridized carbons (Fsp3) is 0.286. The molecule has 0 radical (unpaired) electrons. The molecule has 0 spiro atoms. The van der Waals surface area contributed by atoms with Gasteiger partial charge in [0.15, 0.2) is 0 Å². The number of hydrogen-bond acceptors (Lipinski definition) is 3. The smallest absolute Gasteiger partial charge is 0.416 e. The third-order valence-electron chi connectivity index (χ3n) is 6.38. The van der Waals surface area contributed by atoms with Gasteiger partial charge in [-0.3, -0.25) is 9.59 Å². The van der Waals surface area contributed by atoms with Crippen molar-refractivity contribution in [3.05, 3.63) is 99.6 Å². The summed E-state index contributed by atoms with van der Waals surface area (Å²) in [5, 5.41) is 10.00. The topological polar surface area (TPSA) is 66.8 Å². The van der Waals surface area contributed by atoms with Crippen molar-refractivity contribution < 1.29 is 32.6 Å². The van der Waals surface area contributed by atoms with Crippen LogP contribution in [0.5, 0.6) is 5.75 Å². The average Bonchev–Trinajstić information content (AvgIpc) is 2.84. The van der Waals surface area contributed by atoms with E-state index in [9.17, 15) is 27.9 Å². The van der Waals surface area contributed by atoms with Crippen molar-refractivity contribution in [2.75, 3.05) is 6.54 Å². The summed E-state index contributed by atoms with van der Waals surface area (Å²) in [4.78, 5) is 25.8. The van der Waals surface area contributed by atoms with Crippen molar-refractivity contribution in [2.45, 2.75) is 44.5 Å². The lowest BCUT2D eigenvalue weighted by atomic mass is 9.86. The zero-order valence-corrected chi connectivity index (χ0v) is 20.8. The zero-order chi connectivity index (χ0) is 26.8. The van der Waals surface area contributed by atoms with Gasteiger partial charge in [-0.2, -0.15) is 13.2 Å². The van der Waals surface area contributed by atoms with Crippen molar-refractivity contribution in [3.63, 3.8) is 0 Å². The molecule has 37 heavy (non-hydrogen) atoms. The number of hydrogen-bond donors (Lipinski definition) is 1. The molecule has 194 valence electrons. The summed E-state index contributed by atoms with van der Waals surface area (Å²) in [6, 6.07) is 16.9. The Hall–Kier alpha value is -3.52. The van der Waals surface area contributed by atoms with Gasteiger partial charge in [-0.1, -0.05) is 41.9 Å². The minimum Gasteiger partial charge on any atom is -0.487 e. The highest BCUT2D eigenvalue weighted by Gasteiger charge is 2.33. The van der Waals surface area contributed by atoms with Crippen LogP contribution in [-0.2, 0) is 30.4 Å². The molecule has 0 saturated heterocycles. The first-order valence-electron chi connectivity index (χ1n) is 11.7. The number of fused-ring (bicyclic) bond motifs is 1. The van der Waals surface area contributed by atoms with Crippen molar-refractivity contribution in [2.24, 2.45) is 0 Å². The van der Waals surface area contributed by atoms with Crippen LogP contribution in [0.2, 0.25) is 5.02 Å². The standard InChI is InChI=1S/C28H25ClF3NO4/c1-27(15-21-4-2-3-5-23(21)29)13-12-19-14-20(8-11-24(19)37-27)26(36)33(17-25(34)35)16-18-6-9-22(10-7-18)28(30,31)32/h2-11,14H,12-13,15-17H2,1H3,(H,34,35)/t27-/m0/s1. The van der Waals surface area contributed by atoms with Gasteiger partial charge in [0.2, 0.25) is 0 Å². The van der Waals surface area contributed by atoms with E-state index in [1.165, 1.54) is 12.1 Å². The second-order valence-electron chi connectivity index (χ2n) is 9.39. The molecule has 0 bridgehead atoms. The van der Waals surface area contributed by atoms with Crippen LogP contribution in [0.15, 0.2) is 66.7 Å². The molecule has 5 nitrogen and oxygen atoms in total. The van der Waals surface area contributed by atoms with Gasteiger partial charge in [-0.15, -0.1) is 0 Å². The molecule has 9 heteroatoms. The molecule has 1 heterocycles. The largest absolute Gasteiger partial charge is 0.487 e. The van der Waals surface area contributed by atoms with E-state index in [-0.39, 0.29) is 12.1 Å². The van der Waals surface area contributed by atoms with Gasteiger partial charge >= 0.3 is 12.1 Å². The maximum absolute atomic E-state index is 13.2. The second-order valence-corrected chi connectivity index (χ2v) is 9.80. The Balaban J connectivity index is 1.51. The number of aryl methyl sites for hydroxylation is 1. The van der Waals surface area contributed by atoms with Gasteiger partial charge in [0.1, 0.15) is 17.9 Å². The molecule has 1 amide bonds. The fourth-order valence-corrected chi connectivity index (χ4v) is 4.66. The predicted molar refractivity (Wildman–Crippen MR) is 133 cm³/mol. The number of aliphatic carboxylic acids is 1. The van der Waals surface area contributed by atoms with Crippen molar-refractivity contribution >= 4 is 23.5 Å². The number of halogens is 4. The van der Waals surface area contributed by atoms with E-state index in [0.29, 0.717) is 35.6 Å². The number of carbonyl (C=O) groups is 2. The molecule has 0 unspecified atom stereocenters. The number of nitrogens with zero attached hydrogens (tertiary/aromatic N) is 1. The molecule has 1 aliphatic rings. The zero-order valence-electron chi connectivity index (χ0n) is 20.0. The molecule has 0 aromatic heterocycles. The normalized spacial score (nSPS) is 17.0. The Morgan fingerprint density at radius 1 is 1.08 bits per heavy atom. The maximum atomic E-state index is 13.2. The number of ether oxygens (including phenoxy) is 1. The van der Waals surface area contributed by atoms with Crippen molar-refractivity contribution in [1.29, 1.82) is 0 Å². The molecule has 3 aromatic rings. The number of amides is 1. The lowest BCUT2D eigenvalue weighted by Crippen LogP contribution is -2.39. The van der Waals surface area contributed by atoms with E-state index < -0.39 is 35.8 Å². The van der Waals surface area contributed by atoms with E-state index in [1.54, 1.807) is 18.2 Å². The summed E-state index contributed by atoms with van der Waals surface area (Å²) in [5.74, 6) is -1.11. The number of rotatable bonds is 7. The lowest BCUT2D eigenvalue weighted by Gasteiger charge is -2.36. The van der Waals surface area contributed by atoms with Crippen LogP contribution >= 0.6 is 11.6 Å². The highest BCUT2D eigenvalue weighted by Crippen LogP contribution is 2.37. The van der Waals surface area contributed by atoms with Gasteiger partial charge in [0.05, 0.1) is 5.56 Å². The Morgan fingerprint density at radius 3 is 2.43 bits per heavy atom. The summed E-state index contributed by atoms with van der Waals surface area (Å²) in [5.41, 5.74) is 1.18. The Bertz CT molecular complexity index is 1310. The molecule has 0 fully saturated rings. The van der Waals surface area contributed by atoms with Crippen LogP contribution in [-0.4, -0.2) is 34.0 Å². The van der Waals surface area contributed by atoms with Crippen LogP contribution in [0.4, 0.5) is 13.2 Å². The van der Waals surface area contributed by atoms with E-state index in [4.69, 9.17) is 16.3 Å². The number of benzene rings is 3. The quantitative estimate of drug-likeness (QED) is 0.382. The van der Waals surface area contributed by atoms with E-state index in [0.717, 1.165) is 28.2 Å². The monoisotopic (exact) mass is 531 g/mol. The van der Waals surface area contributed by atoms with Crippen molar-refractivity contribution in [3.8, 4) is 5.75 Å². The highest BCUT2D eigenvalue weighted by molar-refractivity contribution is 6.31. The van der Waals surface area contributed by atoms with Gasteiger partial charge in [-0.05, 0) is 72.9 Å². The summed E-state index contributed by atoms with van der Waals surface area (Å²) < 4.78 is 44.9. The highest BCUT2D eigenvalue weighted by atomic mass is 35.5. The van der Waals surface area contributed by atoms with Crippen LogP contribution in [0.3, 0.4) is 0 Å². The molecule has 1 N–H and O–H groups in total. The lowest BCUT2D eigenvalue weighted by molar-refractivity contribution is -0.138. The van der Waals surface area contributed by atoms with E-state index in [2.05, 4.69) is 0 Å². The van der Waals surface area contributed by atoms with Gasteiger partial charge in [0.25, 0.3) is 5.91 Å². The maximum Gasteiger partial charge on any atom is 0.416 e. The number of carboxylic acids is 1. The Kier molecular flexibility index (Phi) is 7.50. The Morgan fingerprint density at radius 2 is 1.78 bits per heavy atom. The van der Waals surface area contributed by atoms with Gasteiger partial charge < -0.3 is 14.7 Å². The van der Waals surface area contributed by atoms with Gasteiger partial charge in [0, 0.05) is 23.6 Å². The van der Waals surface area contributed by atoms with Crippen LogP contribution < -0.4 is 4.74 Å². The van der Waals surface area contributed by atoms with E-state index >= 15 is 0 Å². The molecule has 1 atom stereocenters. The summed E-state index contributed by atoms with van der Waals surface area (Å²) in [7, 11) is 0. The first-order chi connectivity index (χ1) is 17.4. The Labute approximate surface area is 217 Å². The molecule has 0 aliphatic carbocycles. The van der Waals surface area contributed by atoms with Crippen LogP contribution in [0.1, 0.15) is 46.0 Å². The van der Waals surface area contributed by atoms with Crippen LogP contribution in [0.25, 0.3) is 0 Å². The number of carboxylic acid groups (broad SMARTS) is 1. The molecule has 4 rings (SSSR count). The van der Waals surface area contributed by atoms with Crippen LogP contribution in [0, 0.1) is 0 Å². The van der Waals surface area contributed by atoms with Gasteiger partial charge in [-0.25, -0.2) is 0 Å². The third-order valence-corrected chi connectivity index (χ3v) is 6.75.